The predicted molar refractivity (Wildman–Crippen MR) is 38.4 cm³/mol. The number of hydrogen-bond acceptors (Lipinski definition) is 5. The lowest BCUT2D eigenvalue weighted by molar-refractivity contribution is -0.296. The Kier molecular flexibility index (Phi) is 2.01. The Bertz CT molecular complexity index is 184. The smallest absolute Gasteiger partial charge is 0.395 e. The fourth-order valence-corrected chi connectivity index (χ4v) is 0.978. The summed E-state index contributed by atoms with van der Waals surface area (Å²) < 4.78 is 19.6. The van der Waals surface area contributed by atoms with Crippen LogP contribution in [0.2, 0.25) is 0 Å². The summed E-state index contributed by atoms with van der Waals surface area (Å²) in [5.74, 6) is -2.36. The Balaban J connectivity index is 2.93. The highest BCUT2D eigenvalue weighted by Gasteiger charge is 2.59. The van der Waals surface area contributed by atoms with E-state index >= 15 is 0 Å². The van der Waals surface area contributed by atoms with Crippen LogP contribution in [0.1, 0.15) is 13.8 Å². The second-order valence-electron chi connectivity index (χ2n) is 2.75. The van der Waals surface area contributed by atoms with Crippen LogP contribution in [-0.4, -0.2) is 31.9 Å². The molecule has 70 valence electrons. The monoisotopic (exact) mass is 176 g/mol. The van der Waals surface area contributed by atoms with Gasteiger partial charge in [-0.1, -0.05) is 0 Å². The average Bonchev–Trinajstić information content (AvgIpc) is 2.25. The molecule has 0 aliphatic carbocycles. The number of cyclic esters (lactones) is 2. The zero-order valence-electron chi connectivity index (χ0n) is 7.54. The highest BCUT2D eigenvalue weighted by molar-refractivity contribution is 5.63. The van der Waals surface area contributed by atoms with Crippen LogP contribution in [0.4, 0.5) is 4.79 Å². The van der Waals surface area contributed by atoms with E-state index in [2.05, 4.69) is 0 Å². The van der Waals surface area contributed by atoms with E-state index in [1.165, 1.54) is 14.2 Å². The fourth-order valence-electron chi connectivity index (χ4n) is 0.978. The molecule has 1 heterocycles. The van der Waals surface area contributed by atoms with Gasteiger partial charge in [-0.3, -0.25) is 0 Å². The van der Waals surface area contributed by atoms with Crippen LogP contribution in [0.25, 0.3) is 0 Å². The van der Waals surface area contributed by atoms with E-state index < -0.39 is 17.7 Å². The maximum atomic E-state index is 10.8. The maximum absolute atomic E-state index is 10.8. The molecule has 0 N–H and O–H groups in total. The van der Waals surface area contributed by atoms with Crippen molar-refractivity contribution in [3.8, 4) is 0 Å². The number of hydrogen-bond donors (Lipinski definition) is 0. The van der Waals surface area contributed by atoms with Crippen LogP contribution < -0.4 is 0 Å². The van der Waals surface area contributed by atoms with Crippen molar-refractivity contribution in [1.82, 2.24) is 0 Å². The quantitative estimate of drug-likeness (QED) is 0.584. The molecule has 2 atom stereocenters. The van der Waals surface area contributed by atoms with Crippen molar-refractivity contribution in [1.29, 1.82) is 0 Å². The van der Waals surface area contributed by atoms with Crippen LogP contribution in [0, 0.1) is 0 Å². The standard InChI is InChI=1S/C7H12O5/c1-6(9-3)7(2,10-4)12-5(8)11-6/h1-4H3. The van der Waals surface area contributed by atoms with Gasteiger partial charge >= 0.3 is 6.16 Å². The summed E-state index contributed by atoms with van der Waals surface area (Å²) in [4.78, 5) is 10.8. The van der Waals surface area contributed by atoms with Gasteiger partial charge in [0.05, 0.1) is 0 Å². The van der Waals surface area contributed by atoms with Crippen molar-refractivity contribution in [2.75, 3.05) is 14.2 Å². The molecule has 2 unspecified atom stereocenters. The summed E-state index contributed by atoms with van der Waals surface area (Å²) in [6, 6.07) is 0. The molecule has 0 radical (unpaired) electrons. The van der Waals surface area contributed by atoms with Crippen LogP contribution in [-0.2, 0) is 18.9 Å². The number of ether oxygens (including phenoxy) is 4. The van der Waals surface area contributed by atoms with Crippen LogP contribution >= 0.6 is 0 Å². The van der Waals surface area contributed by atoms with Gasteiger partial charge in [0.15, 0.2) is 0 Å². The van der Waals surface area contributed by atoms with E-state index in [0.29, 0.717) is 0 Å². The van der Waals surface area contributed by atoms with Gasteiger partial charge in [-0.05, 0) is 0 Å². The highest BCUT2D eigenvalue weighted by Crippen LogP contribution is 2.37. The van der Waals surface area contributed by atoms with E-state index in [9.17, 15) is 4.79 Å². The third-order valence-electron chi connectivity index (χ3n) is 2.16. The molecule has 0 aromatic carbocycles. The summed E-state index contributed by atoms with van der Waals surface area (Å²) in [6.45, 7) is 3.14. The number of carbonyl (C=O) groups excluding carboxylic acids is 1. The largest absolute Gasteiger partial charge is 0.513 e. The van der Waals surface area contributed by atoms with Gasteiger partial charge in [0.1, 0.15) is 0 Å². The lowest BCUT2D eigenvalue weighted by atomic mass is 10.1. The lowest BCUT2D eigenvalue weighted by Gasteiger charge is -2.31. The Morgan fingerprint density at radius 1 is 1.08 bits per heavy atom. The van der Waals surface area contributed by atoms with Crippen molar-refractivity contribution in [3.63, 3.8) is 0 Å². The van der Waals surface area contributed by atoms with Gasteiger partial charge in [-0.15, -0.1) is 0 Å². The minimum Gasteiger partial charge on any atom is -0.395 e. The van der Waals surface area contributed by atoms with E-state index in [-0.39, 0.29) is 0 Å². The Morgan fingerprint density at radius 3 is 1.67 bits per heavy atom. The van der Waals surface area contributed by atoms with Gasteiger partial charge in [0.25, 0.3) is 11.6 Å². The lowest BCUT2D eigenvalue weighted by Crippen LogP contribution is -2.50. The normalized spacial score (nSPS) is 40.8. The van der Waals surface area contributed by atoms with Crippen LogP contribution in [0.5, 0.6) is 0 Å². The second kappa shape index (κ2) is 2.60. The molecule has 1 fully saturated rings. The van der Waals surface area contributed by atoms with Gasteiger partial charge in [-0.25, -0.2) is 4.79 Å². The average molecular weight is 176 g/mol. The van der Waals surface area contributed by atoms with Crippen molar-refractivity contribution >= 4 is 6.16 Å². The molecule has 1 rings (SSSR count). The first-order valence-corrected chi connectivity index (χ1v) is 3.50. The molecule has 0 saturated carbocycles. The van der Waals surface area contributed by atoms with Crippen molar-refractivity contribution < 1.29 is 23.7 Å². The van der Waals surface area contributed by atoms with E-state index in [1.54, 1.807) is 13.8 Å². The number of methoxy groups -OCH3 is 2. The molecule has 0 aromatic heterocycles. The van der Waals surface area contributed by atoms with E-state index in [0.717, 1.165) is 0 Å². The Labute approximate surface area is 70.5 Å². The summed E-state index contributed by atoms with van der Waals surface area (Å²) in [6.07, 6.45) is -0.788. The molecule has 0 spiro atoms. The fraction of sp³-hybridized carbons (Fsp3) is 0.857. The number of rotatable bonds is 2. The first kappa shape index (κ1) is 9.28. The zero-order valence-corrected chi connectivity index (χ0v) is 7.54. The molecule has 5 heteroatoms. The van der Waals surface area contributed by atoms with Crippen molar-refractivity contribution in [3.05, 3.63) is 0 Å². The molecular formula is C7H12O5. The van der Waals surface area contributed by atoms with E-state index in [1.807, 2.05) is 0 Å². The molecule has 0 bridgehead atoms. The molecule has 1 saturated heterocycles. The van der Waals surface area contributed by atoms with Gasteiger partial charge in [0, 0.05) is 28.1 Å². The third kappa shape index (κ3) is 1.05. The van der Waals surface area contributed by atoms with Crippen LogP contribution in [0.3, 0.4) is 0 Å². The van der Waals surface area contributed by atoms with Crippen molar-refractivity contribution in [2.45, 2.75) is 25.4 Å². The highest BCUT2D eigenvalue weighted by atomic mass is 16.9. The molecular weight excluding hydrogens is 164 g/mol. The molecule has 0 amide bonds. The summed E-state index contributed by atoms with van der Waals surface area (Å²) >= 11 is 0. The first-order chi connectivity index (χ1) is 5.47. The number of carbonyl (C=O) groups is 1. The minimum absolute atomic E-state index is 0.788. The molecule has 12 heavy (non-hydrogen) atoms. The third-order valence-corrected chi connectivity index (χ3v) is 2.16. The second-order valence-corrected chi connectivity index (χ2v) is 2.75. The first-order valence-electron chi connectivity index (χ1n) is 3.50. The maximum Gasteiger partial charge on any atom is 0.513 e. The summed E-state index contributed by atoms with van der Waals surface area (Å²) in [5.41, 5.74) is 0. The SMILES string of the molecule is COC1(C)OC(=O)OC1(C)OC. The van der Waals surface area contributed by atoms with Gasteiger partial charge in [0.2, 0.25) is 0 Å². The zero-order chi connectivity index (χ0) is 9.41. The van der Waals surface area contributed by atoms with Gasteiger partial charge in [-0.2, -0.15) is 0 Å². The molecule has 1 aliphatic heterocycles. The Morgan fingerprint density at radius 2 is 1.42 bits per heavy atom. The molecule has 1 aliphatic rings. The van der Waals surface area contributed by atoms with Crippen molar-refractivity contribution in [2.24, 2.45) is 0 Å². The molecule has 0 aromatic rings. The molecule has 5 nitrogen and oxygen atoms in total. The van der Waals surface area contributed by atoms with Gasteiger partial charge < -0.3 is 18.9 Å². The Hall–Kier alpha value is -0.810. The minimum atomic E-state index is -1.18. The predicted octanol–water partition coefficient (Wildman–Crippen LogP) is 0.878. The summed E-state index contributed by atoms with van der Waals surface area (Å²) in [5, 5.41) is 0. The van der Waals surface area contributed by atoms with Crippen LogP contribution in [0.15, 0.2) is 0 Å². The topological polar surface area (TPSA) is 54.0 Å². The van der Waals surface area contributed by atoms with E-state index in [4.69, 9.17) is 18.9 Å². The summed E-state index contributed by atoms with van der Waals surface area (Å²) in [7, 11) is 2.83.